The van der Waals surface area contributed by atoms with E-state index in [1.165, 1.54) is 29.7 Å². The van der Waals surface area contributed by atoms with E-state index < -0.39 is 0 Å². The average molecular weight is 345 g/mol. The molecule has 2 aromatic rings. The summed E-state index contributed by atoms with van der Waals surface area (Å²) in [5.74, 6) is 0. The van der Waals surface area contributed by atoms with E-state index in [2.05, 4.69) is 81.7 Å². The fraction of sp³-hybridized carbons (Fsp3) is 0.333. The largest absolute Gasteiger partial charge is 0.370 e. The van der Waals surface area contributed by atoms with Gasteiger partial charge < -0.3 is 10.2 Å². The summed E-state index contributed by atoms with van der Waals surface area (Å²) in [5, 5.41) is 3.61. The fourth-order valence-corrected chi connectivity index (χ4v) is 3.02. The molecule has 1 saturated carbocycles. The van der Waals surface area contributed by atoms with Crippen molar-refractivity contribution < 1.29 is 0 Å². The Hall–Kier alpha value is -1.32. The van der Waals surface area contributed by atoms with Gasteiger partial charge in [-0.05, 0) is 42.2 Å². The van der Waals surface area contributed by atoms with Crippen molar-refractivity contribution in [1.29, 1.82) is 0 Å². The predicted octanol–water partition coefficient (Wildman–Crippen LogP) is 4.34. The van der Waals surface area contributed by atoms with E-state index in [1.54, 1.807) is 0 Å². The minimum absolute atomic E-state index is 0.744. The zero-order valence-electron chi connectivity index (χ0n) is 12.3. The molecule has 0 amide bonds. The lowest BCUT2D eigenvalue weighted by Gasteiger charge is -2.23. The molecular formula is C18H21BrN2. The molecule has 3 heteroatoms. The number of anilines is 1. The van der Waals surface area contributed by atoms with E-state index in [-0.39, 0.29) is 0 Å². The molecule has 0 spiro atoms. The molecule has 110 valence electrons. The van der Waals surface area contributed by atoms with E-state index in [0.717, 1.165) is 23.6 Å². The lowest BCUT2D eigenvalue weighted by Crippen LogP contribution is -2.21. The quantitative estimate of drug-likeness (QED) is 0.838. The van der Waals surface area contributed by atoms with Crippen LogP contribution in [0, 0.1) is 0 Å². The number of rotatable bonds is 6. The topological polar surface area (TPSA) is 15.3 Å². The molecule has 2 nitrogen and oxygen atoms in total. The fourth-order valence-electron chi connectivity index (χ4n) is 2.57. The summed E-state index contributed by atoms with van der Waals surface area (Å²) in [6.45, 7) is 1.88. The minimum Gasteiger partial charge on any atom is -0.370 e. The molecule has 2 aromatic carbocycles. The standard InChI is InChI=1S/C18H21BrN2/c1-21(13-14-5-4-7-16(19)11-14)18-8-3-2-6-15(18)12-20-17-9-10-17/h2-8,11,17,20H,9-10,12-13H2,1H3. The van der Waals surface area contributed by atoms with Crippen molar-refractivity contribution in [3.8, 4) is 0 Å². The van der Waals surface area contributed by atoms with Gasteiger partial charge in [0.25, 0.3) is 0 Å². The van der Waals surface area contributed by atoms with Crippen molar-refractivity contribution in [3.05, 3.63) is 64.1 Å². The van der Waals surface area contributed by atoms with Gasteiger partial charge in [-0.3, -0.25) is 0 Å². The summed E-state index contributed by atoms with van der Waals surface area (Å²) >= 11 is 3.54. The first-order valence-corrected chi connectivity index (χ1v) is 8.28. The zero-order chi connectivity index (χ0) is 14.7. The maximum Gasteiger partial charge on any atom is 0.0426 e. The Morgan fingerprint density at radius 1 is 1.14 bits per heavy atom. The highest BCUT2D eigenvalue weighted by atomic mass is 79.9. The summed E-state index contributed by atoms with van der Waals surface area (Å²) in [7, 11) is 2.16. The van der Waals surface area contributed by atoms with Crippen molar-refractivity contribution in [2.24, 2.45) is 0 Å². The van der Waals surface area contributed by atoms with Crippen LogP contribution in [0.1, 0.15) is 24.0 Å². The van der Waals surface area contributed by atoms with Gasteiger partial charge in [0.1, 0.15) is 0 Å². The highest BCUT2D eigenvalue weighted by Gasteiger charge is 2.20. The van der Waals surface area contributed by atoms with Crippen LogP contribution in [0.25, 0.3) is 0 Å². The lowest BCUT2D eigenvalue weighted by atomic mass is 10.1. The molecule has 0 bridgehead atoms. The minimum atomic E-state index is 0.744. The van der Waals surface area contributed by atoms with E-state index in [0.29, 0.717) is 0 Å². The molecule has 1 fully saturated rings. The Balaban J connectivity index is 1.72. The third-order valence-electron chi connectivity index (χ3n) is 3.87. The van der Waals surface area contributed by atoms with Gasteiger partial charge in [0.05, 0.1) is 0 Å². The van der Waals surface area contributed by atoms with Gasteiger partial charge in [-0.15, -0.1) is 0 Å². The van der Waals surface area contributed by atoms with Crippen molar-refractivity contribution in [2.45, 2.75) is 32.0 Å². The molecule has 0 radical (unpaired) electrons. The first-order valence-electron chi connectivity index (χ1n) is 7.49. The van der Waals surface area contributed by atoms with Crippen molar-refractivity contribution in [1.82, 2.24) is 5.32 Å². The average Bonchev–Trinajstić information content (AvgIpc) is 3.29. The van der Waals surface area contributed by atoms with Gasteiger partial charge in [-0.25, -0.2) is 0 Å². The number of nitrogens with one attached hydrogen (secondary N) is 1. The van der Waals surface area contributed by atoms with Crippen LogP contribution in [0.4, 0.5) is 5.69 Å². The van der Waals surface area contributed by atoms with Crippen LogP contribution in [0.3, 0.4) is 0 Å². The summed E-state index contributed by atoms with van der Waals surface area (Å²) < 4.78 is 1.14. The molecule has 21 heavy (non-hydrogen) atoms. The number of para-hydroxylation sites is 1. The van der Waals surface area contributed by atoms with Crippen LogP contribution in [0.15, 0.2) is 53.0 Å². The summed E-state index contributed by atoms with van der Waals surface area (Å²) in [6, 6.07) is 17.9. The Morgan fingerprint density at radius 3 is 2.71 bits per heavy atom. The van der Waals surface area contributed by atoms with Crippen molar-refractivity contribution in [3.63, 3.8) is 0 Å². The molecule has 0 aromatic heterocycles. The Bertz CT molecular complexity index is 608. The number of halogens is 1. The Labute approximate surface area is 135 Å². The first kappa shape index (κ1) is 14.6. The van der Waals surface area contributed by atoms with E-state index in [9.17, 15) is 0 Å². The monoisotopic (exact) mass is 344 g/mol. The van der Waals surface area contributed by atoms with Gasteiger partial charge in [0, 0.05) is 36.3 Å². The number of hydrogen-bond donors (Lipinski definition) is 1. The Kier molecular flexibility index (Phi) is 4.61. The van der Waals surface area contributed by atoms with Crippen LogP contribution in [-0.2, 0) is 13.1 Å². The molecule has 0 atom stereocenters. The highest BCUT2D eigenvalue weighted by molar-refractivity contribution is 9.10. The number of nitrogens with zero attached hydrogens (tertiary/aromatic N) is 1. The maximum absolute atomic E-state index is 3.61. The van der Waals surface area contributed by atoms with Crippen molar-refractivity contribution >= 4 is 21.6 Å². The molecule has 0 saturated heterocycles. The maximum atomic E-state index is 3.61. The lowest BCUT2D eigenvalue weighted by molar-refractivity contribution is 0.685. The second-order valence-corrected chi connectivity index (χ2v) is 6.69. The van der Waals surface area contributed by atoms with Gasteiger partial charge in [0.15, 0.2) is 0 Å². The van der Waals surface area contributed by atoms with E-state index in [4.69, 9.17) is 0 Å². The van der Waals surface area contributed by atoms with Gasteiger partial charge >= 0.3 is 0 Å². The molecule has 1 aliphatic rings. The Morgan fingerprint density at radius 2 is 1.95 bits per heavy atom. The molecule has 0 aliphatic heterocycles. The molecule has 0 unspecified atom stereocenters. The summed E-state index contributed by atoms with van der Waals surface area (Å²) in [5.41, 5.74) is 4.00. The second-order valence-electron chi connectivity index (χ2n) is 5.77. The van der Waals surface area contributed by atoms with Gasteiger partial charge in [-0.1, -0.05) is 46.3 Å². The van der Waals surface area contributed by atoms with Crippen LogP contribution in [-0.4, -0.2) is 13.1 Å². The summed E-state index contributed by atoms with van der Waals surface area (Å²) in [6.07, 6.45) is 2.66. The first-order chi connectivity index (χ1) is 10.2. The van der Waals surface area contributed by atoms with Gasteiger partial charge in [-0.2, -0.15) is 0 Å². The van der Waals surface area contributed by atoms with Crippen LogP contribution >= 0.6 is 15.9 Å². The van der Waals surface area contributed by atoms with E-state index >= 15 is 0 Å². The number of benzene rings is 2. The third-order valence-corrected chi connectivity index (χ3v) is 4.36. The second kappa shape index (κ2) is 6.63. The molecular weight excluding hydrogens is 324 g/mol. The van der Waals surface area contributed by atoms with Gasteiger partial charge in [0.2, 0.25) is 0 Å². The zero-order valence-corrected chi connectivity index (χ0v) is 13.9. The predicted molar refractivity (Wildman–Crippen MR) is 92.6 cm³/mol. The molecule has 3 rings (SSSR count). The third kappa shape index (κ3) is 4.08. The van der Waals surface area contributed by atoms with Crippen LogP contribution in [0.2, 0.25) is 0 Å². The van der Waals surface area contributed by atoms with Crippen molar-refractivity contribution in [2.75, 3.05) is 11.9 Å². The summed E-state index contributed by atoms with van der Waals surface area (Å²) in [4.78, 5) is 2.33. The van der Waals surface area contributed by atoms with Crippen LogP contribution < -0.4 is 10.2 Å². The number of hydrogen-bond acceptors (Lipinski definition) is 2. The van der Waals surface area contributed by atoms with Crippen LogP contribution in [0.5, 0.6) is 0 Å². The SMILES string of the molecule is CN(Cc1cccc(Br)c1)c1ccccc1CNC1CC1. The molecule has 1 N–H and O–H groups in total. The highest BCUT2D eigenvalue weighted by Crippen LogP contribution is 2.24. The van der Waals surface area contributed by atoms with E-state index in [1.807, 2.05) is 0 Å². The molecule has 0 heterocycles. The normalized spacial score (nSPS) is 14.2. The molecule has 1 aliphatic carbocycles. The smallest absolute Gasteiger partial charge is 0.0426 e.